The highest BCUT2D eigenvalue weighted by Crippen LogP contribution is 2.35. The van der Waals surface area contributed by atoms with Crippen molar-refractivity contribution in [3.63, 3.8) is 0 Å². The van der Waals surface area contributed by atoms with Crippen LogP contribution in [0.4, 0.5) is 11.8 Å². The second kappa shape index (κ2) is 5.79. The van der Waals surface area contributed by atoms with Crippen LogP contribution in [0.5, 0.6) is 0 Å². The highest BCUT2D eigenvalue weighted by molar-refractivity contribution is 6.31. The number of halogens is 1. The van der Waals surface area contributed by atoms with Gasteiger partial charge in [-0.1, -0.05) is 25.4 Å². The molecule has 1 aromatic carbocycles. The second-order valence-corrected chi connectivity index (χ2v) is 7.01. The molecule has 0 amide bonds. The Morgan fingerprint density at radius 3 is 3.00 bits per heavy atom. The van der Waals surface area contributed by atoms with E-state index in [1.54, 1.807) is 0 Å². The van der Waals surface area contributed by atoms with Crippen molar-refractivity contribution >= 4 is 45.4 Å². The van der Waals surface area contributed by atoms with E-state index in [1.165, 1.54) is 0 Å². The summed E-state index contributed by atoms with van der Waals surface area (Å²) in [5.74, 6) is 1.55. The number of furan rings is 1. The zero-order valence-electron chi connectivity index (χ0n) is 13.7. The number of rotatable bonds is 2. The first-order valence-electron chi connectivity index (χ1n) is 8.16. The lowest BCUT2D eigenvalue weighted by molar-refractivity contribution is 0.367. The molecule has 0 spiro atoms. The van der Waals surface area contributed by atoms with Gasteiger partial charge in [0.05, 0.1) is 0 Å². The van der Waals surface area contributed by atoms with Gasteiger partial charge in [-0.15, -0.1) is 0 Å². The van der Waals surface area contributed by atoms with Crippen LogP contribution in [0, 0.1) is 5.92 Å². The summed E-state index contributed by atoms with van der Waals surface area (Å²) in [5.41, 5.74) is 8.11. The lowest BCUT2D eigenvalue weighted by atomic mass is 10.0. The van der Waals surface area contributed by atoms with Crippen LogP contribution in [0.2, 0.25) is 5.02 Å². The molecular weight excluding hydrogens is 326 g/mol. The molecule has 24 heavy (non-hydrogen) atoms. The minimum Gasteiger partial charge on any atom is -0.450 e. The Hall–Kier alpha value is -2.05. The normalized spacial score (nSPS) is 18.8. The van der Waals surface area contributed by atoms with Gasteiger partial charge >= 0.3 is 0 Å². The van der Waals surface area contributed by atoms with E-state index in [0.29, 0.717) is 22.6 Å². The molecule has 0 aliphatic carbocycles. The number of nitrogens with zero attached hydrogens (tertiary/aromatic N) is 3. The minimum absolute atomic E-state index is 0.250. The first-order valence-corrected chi connectivity index (χ1v) is 8.54. The average Bonchev–Trinajstić information content (AvgIpc) is 2.92. The Balaban J connectivity index is 1.87. The van der Waals surface area contributed by atoms with Gasteiger partial charge in [0.2, 0.25) is 5.95 Å². The summed E-state index contributed by atoms with van der Waals surface area (Å²) in [6.45, 7) is 7.05. The number of benzene rings is 1. The van der Waals surface area contributed by atoms with Crippen molar-refractivity contribution in [1.82, 2.24) is 15.3 Å². The summed E-state index contributed by atoms with van der Waals surface area (Å²) in [7, 11) is 0. The molecule has 4 rings (SSSR count). The molecule has 6 nitrogen and oxygen atoms in total. The van der Waals surface area contributed by atoms with E-state index in [4.69, 9.17) is 21.8 Å². The molecule has 2 aromatic heterocycles. The zero-order valence-corrected chi connectivity index (χ0v) is 14.5. The standard InChI is InChI=1S/C17H20ClN5O/c1-9(2)12-8-23(6-5-20-12)16-15-14(21-17(19)22-16)11-7-10(18)3-4-13(11)24-15/h3-4,7,9,12,20H,5-6,8H2,1-2H3,(H2,19,21,22)/t12-/m1/s1. The van der Waals surface area contributed by atoms with Gasteiger partial charge in [0, 0.05) is 36.1 Å². The monoisotopic (exact) mass is 345 g/mol. The third-order valence-corrected chi connectivity index (χ3v) is 4.82. The van der Waals surface area contributed by atoms with E-state index < -0.39 is 0 Å². The first-order chi connectivity index (χ1) is 11.5. The van der Waals surface area contributed by atoms with Crippen LogP contribution in [0.1, 0.15) is 13.8 Å². The summed E-state index contributed by atoms with van der Waals surface area (Å²) in [6, 6.07) is 5.92. The summed E-state index contributed by atoms with van der Waals surface area (Å²) in [5, 5.41) is 5.06. The molecule has 1 atom stereocenters. The fraction of sp³-hybridized carbons (Fsp3) is 0.412. The van der Waals surface area contributed by atoms with Crippen molar-refractivity contribution in [2.75, 3.05) is 30.3 Å². The number of piperazine rings is 1. The van der Waals surface area contributed by atoms with Gasteiger partial charge in [0.1, 0.15) is 11.1 Å². The number of hydrogen-bond donors (Lipinski definition) is 2. The Bertz CT molecular complexity index is 907. The van der Waals surface area contributed by atoms with Crippen molar-refractivity contribution in [2.45, 2.75) is 19.9 Å². The van der Waals surface area contributed by atoms with Crippen molar-refractivity contribution in [3.05, 3.63) is 23.2 Å². The van der Waals surface area contributed by atoms with E-state index in [1.807, 2.05) is 18.2 Å². The van der Waals surface area contributed by atoms with Gasteiger partial charge in [-0.3, -0.25) is 0 Å². The van der Waals surface area contributed by atoms with Gasteiger partial charge in [-0.05, 0) is 24.1 Å². The zero-order chi connectivity index (χ0) is 16.8. The summed E-state index contributed by atoms with van der Waals surface area (Å²) in [4.78, 5) is 11.1. The Kier molecular flexibility index (Phi) is 3.73. The molecule has 7 heteroatoms. The fourth-order valence-corrected chi connectivity index (χ4v) is 3.42. The van der Waals surface area contributed by atoms with E-state index in [2.05, 4.69) is 34.0 Å². The van der Waals surface area contributed by atoms with Gasteiger partial charge < -0.3 is 20.4 Å². The molecule has 3 N–H and O–H groups in total. The quantitative estimate of drug-likeness (QED) is 0.743. The number of hydrogen-bond acceptors (Lipinski definition) is 6. The summed E-state index contributed by atoms with van der Waals surface area (Å²) < 4.78 is 6.04. The van der Waals surface area contributed by atoms with Gasteiger partial charge in [0.15, 0.2) is 11.4 Å². The molecule has 1 aliphatic heterocycles. The first kappa shape index (κ1) is 15.5. The molecule has 0 saturated carbocycles. The van der Waals surface area contributed by atoms with Gasteiger partial charge in [-0.25, -0.2) is 4.98 Å². The predicted octanol–water partition coefficient (Wildman–Crippen LogP) is 3.05. The Morgan fingerprint density at radius 1 is 1.38 bits per heavy atom. The molecule has 1 fully saturated rings. The Morgan fingerprint density at radius 2 is 2.21 bits per heavy atom. The SMILES string of the molecule is CC(C)[C@H]1CN(c2nc(N)nc3c2oc2ccc(Cl)cc23)CCN1. The van der Waals surface area contributed by atoms with Gasteiger partial charge in [0.25, 0.3) is 0 Å². The van der Waals surface area contributed by atoms with Crippen molar-refractivity contribution in [3.8, 4) is 0 Å². The maximum atomic E-state index is 6.12. The molecule has 3 heterocycles. The van der Waals surface area contributed by atoms with E-state index in [-0.39, 0.29) is 5.95 Å². The molecule has 0 bridgehead atoms. The topological polar surface area (TPSA) is 80.2 Å². The van der Waals surface area contributed by atoms with Crippen molar-refractivity contribution < 1.29 is 4.42 Å². The third-order valence-electron chi connectivity index (χ3n) is 4.58. The molecule has 3 aromatic rings. The lowest BCUT2D eigenvalue weighted by Crippen LogP contribution is -2.53. The molecule has 126 valence electrons. The smallest absolute Gasteiger partial charge is 0.222 e. The molecule has 1 aliphatic rings. The molecule has 0 radical (unpaired) electrons. The van der Waals surface area contributed by atoms with E-state index >= 15 is 0 Å². The van der Waals surface area contributed by atoms with Gasteiger partial charge in [-0.2, -0.15) is 4.98 Å². The molecule has 0 unspecified atom stereocenters. The number of fused-ring (bicyclic) bond motifs is 3. The van der Waals surface area contributed by atoms with Crippen LogP contribution in [0.25, 0.3) is 22.1 Å². The van der Waals surface area contributed by atoms with Crippen LogP contribution in [0.15, 0.2) is 22.6 Å². The maximum absolute atomic E-state index is 6.12. The fourth-order valence-electron chi connectivity index (χ4n) is 3.25. The number of aromatic nitrogens is 2. The van der Waals surface area contributed by atoms with Crippen molar-refractivity contribution in [2.24, 2.45) is 5.92 Å². The average molecular weight is 346 g/mol. The molecular formula is C17H20ClN5O. The molecule has 1 saturated heterocycles. The summed E-state index contributed by atoms with van der Waals surface area (Å²) >= 11 is 6.12. The van der Waals surface area contributed by atoms with E-state index in [9.17, 15) is 0 Å². The van der Waals surface area contributed by atoms with Crippen LogP contribution in [-0.4, -0.2) is 35.6 Å². The van der Waals surface area contributed by atoms with Crippen LogP contribution >= 0.6 is 11.6 Å². The predicted molar refractivity (Wildman–Crippen MR) is 97.6 cm³/mol. The van der Waals surface area contributed by atoms with Crippen LogP contribution in [0.3, 0.4) is 0 Å². The number of anilines is 2. The highest BCUT2D eigenvalue weighted by atomic mass is 35.5. The second-order valence-electron chi connectivity index (χ2n) is 6.58. The maximum Gasteiger partial charge on any atom is 0.222 e. The highest BCUT2D eigenvalue weighted by Gasteiger charge is 2.26. The van der Waals surface area contributed by atoms with E-state index in [0.717, 1.165) is 41.9 Å². The number of nitrogens with two attached hydrogens (primary N) is 1. The lowest BCUT2D eigenvalue weighted by Gasteiger charge is -2.36. The van der Waals surface area contributed by atoms with Crippen LogP contribution < -0.4 is 16.0 Å². The minimum atomic E-state index is 0.250. The van der Waals surface area contributed by atoms with Crippen molar-refractivity contribution in [1.29, 1.82) is 0 Å². The number of nitrogens with one attached hydrogen (secondary N) is 1. The Labute approximate surface area is 145 Å². The largest absolute Gasteiger partial charge is 0.450 e. The van der Waals surface area contributed by atoms with Crippen LogP contribution in [-0.2, 0) is 0 Å². The third kappa shape index (κ3) is 2.56. The number of nitrogen functional groups attached to an aromatic ring is 1. The summed E-state index contributed by atoms with van der Waals surface area (Å²) in [6.07, 6.45) is 0.